The van der Waals surface area contributed by atoms with Crippen molar-refractivity contribution in [1.29, 1.82) is 0 Å². The van der Waals surface area contributed by atoms with Crippen molar-refractivity contribution >= 4 is 35.2 Å². The minimum atomic E-state index is -0.478. The Morgan fingerprint density at radius 2 is 1.87 bits per heavy atom. The molecule has 3 amide bonds. The maximum Gasteiger partial charge on any atom is 0.251 e. The van der Waals surface area contributed by atoms with E-state index in [1.54, 1.807) is 36.6 Å². The molecule has 0 saturated heterocycles. The summed E-state index contributed by atoms with van der Waals surface area (Å²) in [6, 6.07) is 18.1. The summed E-state index contributed by atoms with van der Waals surface area (Å²) in [7, 11) is 0. The van der Waals surface area contributed by atoms with Crippen LogP contribution in [0.3, 0.4) is 0 Å². The second-order valence-electron chi connectivity index (χ2n) is 7.04. The highest BCUT2D eigenvalue weighted by Gasteiger charge is 2.28. The van der Waals surface area contributed by atoms with Gasteiger partial charge in [0.1, 0.15) is 5.76 Å². The van der Waals surface area contributed by atoms with Crippen LogP contribution in [0.1, 0.15) is 28.1 Å². The summed E-state index contributed by atoms with van der Waals surface area (Å²) >= 11 is 1.39. The molecule has 0 spiro atoms. The number of benzene rings is 2. The average molecular weight is 436 g/mol. The highest BCUT2D eigenvalue weighted by molar-refractivity contribution is 8.01. The van der Waals surface area contributed by atoms with Gasteiger partial charge in [0, 0.05) is 23.4 Å². The number of nitrogens with one attached hydrogen (secondary N) is 3. The van der Waals surface area contributed by atoms with E-state index >= 15 is 0 Å². The predicted molar refractivity (Wildman–Crippen MR) is 118 cm³/mol. The molecule has 1 aliphatic rings. The first-order chi connectivity index (χ1) is 15.1. The summed E-state index contributed by atoms with van der Waals surface area (Å²) in [5.74, 6) is 0.0521. The number of fused-ring (bicyclic) bond motifs is 1. The predicted octanol–water partition coefficient (Wildman–Crippen LogP) is 3.33. The maximum absolute atomic E-state index is 12.4. The Morgan fingerprint density at radius 1 is 1.00 bits per heavy atom. The van der Waals surface area contributed by atoms with Crippen LogP contribution < -0.4 is 16.0 Å². The van der Waals surface area contributed by atoms with Crippen LogP contribution in [-0.2, 0) is 22.7 Å². The van der Waals surface area contributed by atoms with Crippen molar-refractivity contribution in [2.24, 2.45) is 0 Å². The van der Waals surface area contributed by atoms with Crippen molar-refractivity contribution in [1.82, 2.24) is 10.6 Å². The van der Waals surface area contributed by atoms with Gasteiger partial charge < -0.3 is 20.4 Å². The molecule has 8 heteroatoms. The Morgan fingerprint density at radius 3 is 2.71 bits per heavy atom. The second kappa shape index (κ2) is 9.53. The lowest BCUT2D eigenvalue weighted by atomic mass is 10.1. The third-order valence-corrected chi connectivity index (χ3v) is 6.03. The van der Waals surface area contributed by atoms with E-state index in [4.69, 9.17) is 4.42 Å². The van der Waals surface area contributed by atoms with Crippen molar-refractivity contribution in [3.63, 3.8) is 0 Å². The summed E-state index contributed by atoms with van der Waals surface area (Å²) in [4.78, 5) is 38.0. The molecule has 2 aromatic carbocycles. The molecule has 1 unspecified atom stereocenters. The van der Waals surface area contributed by atoms with Gasteiger partial charge >= 0.3 is 0 Å². The molecule has 0 aliphatic carbocycles. The lowest BCUT2D eigenvalue weighted by Gasteiger charge is -2.23. The Bertz CT molecular complexity index is 1100. The molecule has 7 nitrogen and oxygen atoms in total. The number of para-hydroxylation sites is 1. The fourth-order valence-corrected chi connectivity index (χ4v) is 4.28. The first kappa shape index (κ1) is 20.7. The highest BCUT2D eigenvalue weighted by Crippen LogP contribution is 2.36. The van der Waals surface area contributed by atoms with Gasteiger partial charge in [0.15, 0.2) is 0 Å². The van der Waals surface area contributed by atoms with Crippen molar-refractivity contribution in [2.45, 2.75) is 29.7 Å². The average Bonchev–Trinajstić information content (AvgIpc) is 3.30. The number of rotatable bonds is 7. The van der Waals surface area contributed by atoms with Crippen molar-refractivity contribution in [3.05, 3.63) is 83.8 Å². The smallest absolute Gasteiger partial charge is 0.251 e. The zero-order chi connectivity index (χ0) is 21.6. The Kier molecular flexibility index (Phi) is 6.37. The van der Waals surface area contributed by atoms with Gasteiger partial charge in [0.2, 0.25) is 11.8 Å². The van der Waals surface area contributed by atoms with Gasteiger partial charge in [-0.3, -0.25) is 14.4 Å². The number of anilines is 1. The monoisotopic (exact) mass is 435 g/mol. The minimum Gasteiger partial charge on any atom is -0.467 e. The number of furan rings is 1. The number of hydrogen-bond donors (Lipinski definition) is 3. The standard InChI is InChI=1S/C23H21N3O4S/c27-21(12-20-23(29)26-18-8-1-2-9-19(18)31-20)24-13-15-5-3-6-16(11-15)22(28)25-14-17-7-4-10-30-17/h1-11,20H,12-14H2,(H,24,27)(H,25,28)(H,26,29). The van der Waals surface area contributed by atoms with Crippen LogP contribution in [-0.4, -0.2) is 23.0 Å². The molecule has 1 atom stereocenters. The Hall–Kier alpha value is -3.52. The molecule has 1 aromatic heterocycles. The summed E-state index contributed by atoms with van der Waals surface area (Å²) in [5.41, 5.74) is 2.07. The van der Waals surface area contributed by atoms with Gasteiger partial charge in [0.05, 0.1) is 23.7 Å². The first-order valence-corrected chi connectivity index (χ1v) is 10.7. The van der Waals surface area contributed by atoms with Crippen LogP contribution in [0.15, 0.2) is 76.2 Å². The fourth-order valence-electron chi connectivity index (χ4n) is 3.17. The summed E-state index contributed by atoms with van der Waals surface area (Å²) in [6.07, 6.45) is 1.63. The zero-order valence-electron chi connectivity index (χ0n) is 16.6. The SMILES string of the molecule is O=C(CC1Sc2ccccc2NC1=O)NCc1cccc(C(=O)NCc2ccco2)c1. The van der Waals surface area contributed by atoms with E-state index in [0.29, 0.717) is 17.9 Å². The van der Waals surface area contributed by atoms with Crippen molar-refractivity contribution in [2.75, 3.05) is 5.32 Å². The van der Waals surface area contributed by atoms with E-state index < -0.39 is 5.25 Å². The summed E-state index contributed by atoms with van der Waals surface area (Å²) in [5, 5.41) is 7.99. The molecule has 1 aliphatic heterocycles. The van der Waals surface area contributed by atoms with Crippen molar-refractivity contribution in [3.8, 4) is 0 Å². The molecular formula is C23H21N3O4S. The molecular weight excluding hydrogens is 414 g/mol. The Labute approximate surface area is 183 Å². The number of amides is 3. The normalized spacial score (nSPS) is 15.0. The molecule has 158 valence electrons. The first-order valence-electron chi connectivity index (χ1n) is 9.81. The lowest BCUT2D eigenvalue weighted by molar-refractivity contribution is -0.124. The maximum atomic E-state index is 12.4. The topological polar surface area (TPSA) is 100 Å². The number of carbonyl (C=O) groups excluding carboxylic acids is 3. The van der Waals surface area contributed by atoms with Crippen molar-refractivity contribution < 1.29 is 18.8 Å². The van der Waals surface area contributed by atoms with Crippen LogP contribution in [0.25, 0.3) is 0 Å². The molecule has 0 radical (unpaired) electrons. The third-order valence-electron chi connectivity index (χ3n) is 4.76. The van der Waals surface area contributed by atoms with Crippen LogP contribution in [0, 0.1) is 0 Å². The molecule has 31 heavy (non-hydrogen) atoms. The number of hydrogen-bond acceptors (Lipinski definition) is 5. The molecule has 0 saturated carbocycles. The van der Waals surface area contributed by atoms with Crippen LogP contribution in [0.2, 0.25) is 0 Å². The van der Waals surface area contributed by atoms with E-state index in [2.05, 4.69) is 16.0 Å². The van der Waals surface area contributed by atoms with E-state index in [-0.39, 0.29) is 30.7 Å². The quantitative estimate of drug-likeness (QED) is 0.529. The molecule has 3 aromatic rings. The van der Waals surface area contributed by atoms with Gasteiger partial charge in [0.25, 0.3) is 5.91 Å². The molecule has 0 fully saturated rings. The van der Waals surface area contributed by atoms with E-state index in [1.807, 2.05) is 30.3 Å². The van der Waals surface area contributed by atoms with Crippen LogP contribution >= 0.6 is 11.8 Å². The largest absolute Gasteiger partial charge is 0.467 e. The van der Waals surface area contributed by atoms with Gasteiger partial charge in [-0.05, 0) is 42.0 Å². The van der Waals surface area contributed by atoms with E-state index in [9.17, 15) is 14.4 Å². The van der Waals surface area contributed by atoms with Crippen LogP contribution in [0.5, 0.6) is 0 Å². The van der Waals surface area contributed by atoms with Gasteiger partial charge in [-0.1, -0.05) is 24.3 Å². The summed E-state index contributed by atoms with van der Waals surface area (Å²) < 4.78 is 5.21. The molecule has 4 rings (SSSR count). The number of carbonyl (C=O) groups is 3. The second-order valence-corrected chi connectivity index (χ2v) is 8.28. The minimum absolute atomic E-state index is 0.0775. The number of thioether (sulfide) groups is 1. The molecule has 0 bridgehead atoms. The van der Waals surface area contributed by atoms with Gasteiger partial charge in [-0.25, -0.2) is 0 Å². The molecule has 2 heterocycles. The lowest BCUT2D eigenvalue weighted by Crippen LogP contribution is -2.34. The fraction of sp³-hybridized carbons (Fsp3) is 0.174. The molecule has 3 N–H and O–H groups in total. The van der Waals surface area contributed by atoms with Crippen LogP contribution in [0.4, 0.5) is 5.69 Å². The van der Waals surface area contributed by atoms with E-state index in [1.165, 1.54) is 11.8 Å². The summed E-state index contributed by atoms with van der Waals surface area (Å²) in [6.45, 7) is 0.574. The zero-order valence-corrected chi connectivity index (χ0v) is 17.4. The van der Waals surface area contributed by atoms with E-state index in [0.717, 1.165) is 16.1 Å². The van der Waals surface area contributed by atoms with Gasteiger partial charge in [-0.2, -0.15) is 0 Å². The highest BCUT2D eigenvalue weighted by atomic mass is 32.2. The van der Waals surface area contributed by atoms with Gasteiger partial charge in [-0.15, -0.1) is 11.8 Å². The Balaban J connectivity index is 1.29. The third kappa shape index (κ3) is 5.35.